The zero-order valence-electron chi connectivity index (χ0n) is 30.5. The predicted molar refractivity (Wildman–Crippen MR) is 210 cm³/mol. The highest BCUT2D eigenvalue weighted by Gasteiger charge is 2.34. The summed E-state index contributed by atoms with van der Waals surface area (Å²) in [5.41, 5.74) is 6.49. The van der Waals surface area contributed by atoms with Gasteiger partial charge in [-0.05, 0) is 66.8 Å². The fourth-order valence-corrected chi connectivity index (χ4v) is 12.5. The van der Waals surface area contributed by atoms with Gasteiger partial charge in [0, 0.05) is 24.3 Å². The molecule has 2 saturated carbocycles. The van der Waals surface area contributed by atoms with Gasteiger partial charge in [-0.3, -0.25) is 0 Å². The largest absolute Gasteiger partial charge is 0.371 e. The second-order valence-corrected chi connectivity index (χ2v) is 17.7. The molecular weight excluding hydrogens is 573 g/mol. The number of anilines is 1. The van der Waals surface area contributed by atoms with Crippen LogP contribution in [0.15, 0.2) is 48.5 Å². The van der Waals surface area contributed by atoms with Crippen molar-refractivity contribution in [3.63, 3.8) is 0 Å². The molecule has 0 atom stereocenters. The van der Waals surface area contributed by atoms with Crippen LogP contribution >= 0.6 is 7.92 Å². The highest BCUT2D eigenvalue weighted by atomic mass is 31.1. The first-order valence-corrected chi connectivity index (χ1v) is 22.0. The maximum Gasteiger partial charge on any atom is 0.0446 e. The van der Waals surface area contributed by atoms with Crippen molar-refractivity contribution in [3.8, 4) is 11.1 Å². The first-order valence-electron chi connectivity index (χ1n) is 20.5. The SMILES string of the molecule is CCCCCCCCCCN(CCCCCCCCCC)c1ccccc1-c1ccccc1P(C1CCCCC1)C1CCCCC1. The molecule has 0 heterocycles. The second kappa shape index (κ2) is 23.1. The van der Waals surface area contributed by atoms with Gasteiger partial charge in [-0.2, -0.15) is 0 Å². The molecule has 0 spiro atoms. The monoisotopic (exact) mass is 646 g/mol. The molecule has 2 aliphatic rings. The van der Waals surface area contributed by atoms with Gasteiger partial charge in [0.05, 0.1) is 0 Å². The van der Waals surface area contributed by atoms with Crippen molar-refractivity contribution < 1.29 is 0 Å². The van der Waals surface area contributed by atoms with E-state index >= 15 is 0 Å². The fraction of sp³-hybridized carbons (Fsp3) is 0.727. The summed E-state index contributed by atoms with van der Waals surface area (Å²) < 4.78 is 0. The van der Waals surface area contributed by atoms with E-state index in [-0.39, 0.29) is 7.92 Å². The first-order chi connectivity index (χ1) is 22.8. The molecule has 4 rings (SSSR count). The molecule has 2 aromatic carbocycles. The van der Waals surface area contributed by atoms with Crippen LogP contribution in [0.2, 0.25) is 0 Å². The average molecular weight is 646 g/mol. The molecule has 1 nitrogen and oxygen atoms in total. The topological polar surface area (TPSA) is 3.24 Å². The maximum atomic E-state index is 2.82. The Hall–Kier alpha value is -1.33. The van der Waals surface area contributed by atoms with Crippen molar-refractivity contribution in [2.24, 2.45) is 0 Å². The second-order valence-electron chi connectivity index (χ2n) is 15.0. The van der Waals surface area contributed by atoms with Gasteiger partial charge in [0.15, 0.2) is 0 Å². The number of hydrogen-bond donors (Lipinski definition) is 0. The highest BCUT2D eigenvalue weighted by Crippen LogP contribution is 2.56. The molecule has 0 saturated heterocycles. The van der Waals surface area contributed by atoms with E-state index in [4.69, 9.17) is 0 Å². The Morgan fingerprint density at radius 2 is 0.891 bits per heavy atom. The molecule has 0 amide bonds. The van der Waals surface area contributed by atoms with E-state index in [1.807, 2.05) is 0 Å². The minimum atomic E-state index is -0.132. The zero-order chi connectivity index (χ0) is 32.1. The normalized spacial score (nSPS) is 16.3. The van der Waals surface area contributed by atoms with Gasteiger partial charge in [-0.1, -0.05) is 193 Å². The molecule has 2 heteroatoms. The summed E-state index contributed by atoms with van der Waals surface area (Å²) in [6, 6.07) is 19.4. The number of unbranched alkanes of at least 4 members (excludes halogenated alkanes) is 14. The van der Waals surface area contributed by atoms with Crippen LogP contribution in [0.25, 0.3) is 11.1 Å². The smallest absolute Gasteiger partial charge is 0.0446 e. The molecule has 0 radical (unpaired) electrons. The summed E-state index contributed by atoms with van der Waals surface area (Å²) in [6.45, 7) is 7.07. The number of hydrogen-bond acceptors (Lipinski definition) is 1. The lowest BCUT2D eigenvalue weighted by molar-refractivity contribution is 0.487. The molecule has 0 aromatic heterocycles. The fourth-order valence-electron chi connectivity index (χ4n) is 8.54. The van der Waals surface area contributed by atoms with E-state index in [0.717, 1.165) is 11.3 Å². The van der Waals surface area contributed by atoms with Crippen LogP contribution < -0.4 is 10.2 Å². The number of rotatable bonds is 23. The van der Waals surface area contributed by atoms with Crippen molar-refractivity contribution in [2.75, 3.05) is 18.0 Å². The van der Waals surface area contributed by atoms with Crippen molar-refractivity contribution in [3.05, 3.63) is 48.5 Å². The Kier molecular flexibility index (Phi) is 18.8. The number of benzene rings is 2. The quantitative estimate of drug-likeness (QED) is 0.0858. The summed E-state index contributed by atoms with van der Waals surface area (Å²) in [7, 11) is -0.132. The van der Waals surface area contributed by atoms with E-state index in [0.29, 0.717) is 0 Å². The van der Waals surface area contributed by atoms with Crippen LogP contribution in [-0.2, 0) is 0 Å². The van der Waals surface area contributed by atoms with Crippen LogP contribution in [0.5, 0.6) is 0 Å². The molecule has 2 fully saturated rings. The summed E-state index contributed by atoms with van der Waals surface area (Å²) in [6.07, 6.45) is 37.0. The van der Waals surface area contributed by atoms with Crippen molar-refractivity contribution in [1.82, 2.24) is 0 Å². The lowest BCUT2D eigenvalue weighted by Gasteiger charge is -2.40. The van der Waals surface area contributed by atoms with E-state index in [1.165, 1.54) is 191 Å². The van der Waals surface area contributed by atoms with Crippen LogP contribution in [0.1, 0.15) is 181 Å². The Balaban J connectivity index is 1.52. The maximum absolute atomic E-state index is 2.82. The highest BCUT2D eigenvalue weighted by molar-refractivity contribution is 7.67. The third kappa shape index (κ3) is 12.6. The Bertz CT molecular complexity index is 998. The Morgan fingerprint density at radius 3 is 1.39 bits per heavy atom. The van der Waals surface area contributed by atoms with E-state index < -0.39 is 0 Å². The molecule has 2 aromatic rings. The van der Waals surface area contributed by atoms with Gasteiger partial charge in [-0.25, -0.2) is 0 Å². The molecular formula is C44H72NP. The molecule has 258 valence electrons. The predicted octanol–water partition coefficient (Wildman–Crippen LogP) is 14.2. The number of para-hydroxylation sites is 1. The van der Waals surface area contributed by atoms with Crippen LogP contribution in [0.4, 0.5) is 5.69 Å². The minimum Gasteiger partial charge on any atom is -0.371 e. The van der Waals surface area contributed by atoms with Crippen LogP contribution in [0, 0.1) is 0 Å². The lowest BCUT2D eigenvalue weighted by atomic mass is 9.99. The Morgan fingerprint density at radius 1 is 0.478 bits per heavy atom. The van der Waals surface area contributed by atoms with Gasteiger partial charge in [0.25, 0.3) is 0 Å². The van der Waals surface area contributed by atoms with E-state index in [1.54, 1.807) is 10.9 Å². The van der Waals surface area contributed by atoms with Gasteiger partial charge >= 0.3 is 0 Å². The van der Waals surface area contributed by atoms with E-state index in [2.05, 4.69) is 67.3 Å². The van der Waals surface area contributed by atoms with Gasteiger partial charge in [-0.15, -0.1) is 0 Å². The summed E-state index contributed by atoms with van der Waals surface area (Å²) in [4.78, 5) is 2.82. The standard InChI is InChI=1S/C44H72NP/c1-3-5-7-9-11-13-15-27-37-45(38-28-16-14-12-10-8-6-4-2)43-35-25-23-33-41(43)42-34-24-26-36-44(42)46(39-29-19-17-20-30-39)40-31-21-18-22-32-40/h23-26,33-36,39-40H,3-22,27-32,37-38H2,1-2H3. The van der Waals surface area contributed by atoms with Crippen LogP contribution in [0.3, 0.4) is 0 Å². The third-order valence-electron chi connectivity index (χ3n) is 11.2. The molecule has 0 aliphatic heterocycles. The van der Waals surface area contributed by atoms with Crippen molar-refractivity contribution >= 4 is 18.9 Å². The molecule has 46 heavy (non-hydrogen) atoms. The lowest BCUT2D eigenvalue weighted by Crippen LogP contribution is -2.28. The third-order valence-corrected chi connectivity index (χ3v) is 14.8. The average Bonchev–Trinajstić information content (AvgIpc) is 3.11. The van der Waals surface area contributed by atoms with Crippen LogP contribution in [-0.4, -0.2) is 24.4 Å². The summed E-state index contributed by atoms with van der Waals surface area (Å²) in [5, 5.41) is 1.75. The zero-order valence-corrected chi connectivity index (χ0v) is 31.4. The van der Waals surface area contributed by atoms with Crippen molar-refractivity contribution in [1.29, 1.82) is 0 Å². The van der Waals surface area contributed by atoms with Gasteiger partial charge in [0.1, 0.15) is 0 Å². The van der Waals surface area contributed by atoms with E-state index in [9.17, 15) is 0 Å². The summed E-state index contributed by atoms with van der Waals surface area (Å²) in [5.74, 6) is 0. The Labute approximate surface area is 287 Å². The molecule has 0 unspecified atom stereocenters. The number of nitrogens with zero attached hydrogens (tertiary/aromatic N) is 1. The summed E-state index contributed by atoms with van der Waals surface area (Å²) >= 11 is 0. The van der Waals surface area contributed by atoms with Gasteiger partial charge in [0.2, 0.25) is 0 Å². The van der Waals surface area contributed by atoms with Gasteiger partial charge < -0.3 is 4.90 Å². The molecule has 0 bridgehead atoms. The first kappa shape index (κ1) is 37.5. The minimum absolute atomic E-state index is 0.132. The molecule has 2 aliphatic carbocycles. The molecule has 0 N–H and O–H groups in total. The van der Waals surface area contributed by atoms with Crippen molar-refractivity contribution in [2.45, 2.75) is 192 Å².